The van der Waals surface area contributed by atoms with Crippen LogP contribution < -0.4 is 10.6 Å². The summed E-state index contributed by atoms with van der Waals surface area (Å²) in [4.78, 5) is 10.6. The van der Waals surface area contributed by atoms with Gasteiger partial charge in [-0.05, 0) is 24.3 Å². The van der Waals surface area contributed by atoms with Crippen LogP contribution in [-0.4, -0.2) is 23.1 Å². The Morgan fingerprint density at radius 2 is 1.50 bits per heavy atom. The average Bonchev–Trinajstić information content (AvgIpc) is 2.38. The molecule has 16 heavy (non-hydrogen) atoms. The Kier molecular flexibility index (Phi) is 3.46. The first-order chi connectivity index (χ1) is 7.92. The van der Waals surface area contributed by atoms with Crippen molar-refractivity contribution < 1.29 is 0 Å². The maximum Gasteiger partial charge on any atom is 0.134 e. The van der Waals surface area contributed by atoms with Gasteiger partial charge in [0.1, 0.15) is 11.6 Å². The molecular formula is C12H14N4. The summed E-state index contributed by atoms with van der Waals surface area (Å²) in [6, 6.07) is 11.6. The van der Waals surface area contributed by atoms with Gasteiger partial charge in [0, 0.05) is 25.5 Å². The van der Waals surface area contributed by atoms with Crippen LogP contribution in [0.5, 0.6) is 0 Å². The standard InChI is InChI=1S/C12H14N4/c13-7-10-16(11-5-1-3-8-14-11)12-6-2-4-9-15-12/h1-6,8-9H,7,10,13H2. The van der Waals surface area contributed by atoms with Crippen LogP contribution in [0, 0.1) is 0 Å². The lowest BCUT2D eigenvalue weighted by Gasteiger charge is -2.21. The highest BCUT2D eigenvalue weighted by Crippen LogP contribution is 2.19. The fraction of sp³-hybridized carbons (Fsp3) is 0.167. The Balaban J connectivity index is 2.31. The molecule has 0 unspecified atom stereocenters. The maximum atomic E-state index is 5.61. The molecule has 4 heteroatoms. The monoisotopic (exact) mass is 214 g/mol. The molecule has 2 aromatic heterocycles. The van der Waals surface area contributed by atoms with Gasteiger partial charge in [0.25, 0.3) is 0 Å². The molecule has 0 amide bonds. The quantitative estimate of drug-likeness (QED) is 0.839. The van der Waals surface area contributed by atoms with E-state index in [1.807, 2.05) is 41.3 Å². The van der Waals surface area contributed by atoms with Crippen molar-refractivity contribution >= 4 is 11.6 Å². The zero-order valence-electron chi connectivity index (χ0n) is 8.95. The zero-order valence-corrected chi connectivity index (χ0v) is 8.95. The normalized spacial score (nSPS) is 10.1. The van der Waals surface area contributed by atoms with Gasteiger partial charge in [-0.3, -0.25) is 0 Å². The van der Waals surface area contributed by atoms with Crippen LogP contribution in [-0.2, 0) is 0 Å². The van der Waals surface area contributed by atoms with E-state index >= 15 is 0 Å². The molecule has 82 valence electrons. The van der Waals surface area contributed by atoms with Gasteiger partial charge in [-0.2, -0.15) is 0 Å². The molecule has 0 aromatic carbocycles. The Morgan fingerprint density at radius 3 is 1.88 bits per heavy atom. The molecule has 0 radical (unpaired) electrons. The first-order valence-corrected chi connectivity index (χ1v) is 5.21. The number of hydrogen-bond acceptors (Lipinski definition) is 4. The molecule has 2 heterocycles. The largest absolute Gasteiger partial charge is 0.329 e. The maximum absolute atomic E-state index is 5.61. The number of nitrogens with two attached hydrogens (primary N) is 1. The van der Waals surface area contributed by atoms with E-state index in [0.717, 1.165) is 11.6 Å². The van der Waals surface area contributed by atoms with E-state index in [4.69, 9.17) is 5.73 Å². The van der Waals surface area contributed by atoms with Gasteiger partial charge in [0.2, 0.25) is 0 Å². The fourth-order valence-electron chi connectivity index (χ4n) is 1.50. The highest BCUT2D eigenvalue weighted by atomic mass is 15.2. The van der Waals surface area contributed by atoms with Crippen molar-refractivity contribution in [3.8, 4) is 0 Å². The molecule has 0 fully saturated rings. The minimum absolute atomic E-state index is 0.563. The van der Waals surface area contributed by atoms with Gasteiger partial charge < -0.3 is 10.6 Å². The highest BCUT2D eigenvalue weighted by molar-refractivity contribution is 5.55. The molecule has 0 spiro atoms. The summed E-state index contributed by atoms with van der Waals surface area (Å²) in [5, 5.41) is 0. The van der Waals surface area contributed by atoms with Crippen molar-refractivity contribution in [3.63, 3.8) is 0 Å². The van der Waals surface area contributed by atoms with Crippen molar-refractivity contribution in [1.82, 2.24) is 9.97 Å². The SMILES string of the molecule is NCCN(c1ccccn1)c1ccccn1. The van der Waals surface area contributed by atoms with Crippen molar-refractivity contribution in [2.24, 2.45) is 5.73 Å². The second-order valence-corrected chi connectivity index (χ2v) is 3.32. The minimum atomic E-state index is 0.563. The molecule has 2 N–H and O–H groups in total. The summed E-state index contributed by atoms with van der Waals surface area (Å²) in [6.07, 6.45) is 3.53. The number of hydrogen-bond donors (Lipinski definition) is 1. The Morgan fingerprint density at radius 1 is 0.938 bits per heavy atom. The summed E-state index contributed by atoms with van der Waals surface area (Å²) >= 11 is 0. The Labute approximate surface area is 94.8 Å². The molecule has 0 aliphatic carbocycles. The van der Waals surface area contributed by atoms with Crippen molar-refractivity contribution in [2.75, 3.05) is 18.0 Å². The van der Waals surface area contributed by atoms with Gasteiger partial charge >= 0.3 is 0 Å². The van der Waals surface area contributed by atoms with Gasteiger partial charge in [-0.1, -0.05) is 12.1 Å². The number of pyridine rings is 2. The molecule has 0 aliphatic rings. The van der Waals surface area contributed by atoms with Gasteiger partial charge in [-0.15, -0.1) is 0 Å². The smallest absolute Gasteiger partial charge is 0.134 e. The lowest BCUT2D eigenvalue weighted by molar-refractivity contribution is 0.889. The number of rotatable bonds is 4. The third kappa shape index (κ3) is 2.35. The predicted molar refractivity (Wildman–Crippen MR) is 64.5 cm³/mol. The van der Waals surface area contributed by atoms with Crippen molar-refractivity contribution in [1.29, 1.82) is 0 Å². The Bertz CT molecular complexity index is 376. The second-order valence-electron chi connectivity index (χ2n) is 3.32. The van der Waals surface area contributed by atoms with E-state index in [2.05, 4.69) is 9.97 Å². The van der Waals surface area contributed by atoms with Crippen LogP contribution in [0.25, 0.3) is 0 Å². The first-order valence-electron chi connectivity index (χ1n) is 5.21. The van der Waals surface area contributed by atoms with Crippen LogP contribution in [0.2, 0.25) is 0 Å². The van der Waals surface area contributed by atoms with E-state index in [1.54, 1.807) is 12.4 Å². The highest BCUT2D eigenvalue weighted by Gasteiger charge is 2.09. The average molecular weight is 214 g/mol. The molecule has 0 saturated carbocycles. The molecule has 0 saturated heterocycles. The molecular weight excluding hydrogens is 200 g/mol. The number of nitrogens with zero attached hydrogens (tertiary/aromatic N) is 3. The van der Waals surface area contributed by atoms with Crippen LogP contribution >= 0.6 is 0 Å². The topological polar surface area (TPSA) is 55.0 Å². The summed E-state index contributed by atoms with van der Waals surface area (Å²) in [6.45, 7) is 1.27. The molecule has 0 aliphatic heterocycles. The van der Waals surface area contributed by atoms with E-state index in [1.165, 1.54) is 0 Å². The van der Waals surface area contributed by atoms with Gasteiger partial charge in [0.15, 0.2) is 0 Å². The summed E-state index contributed by atoms with van der Waals surface area (Å²) in [5.74, 6) is 1.73. The molecule has 4 nitrogen and oxygen atoms in total. The lowest BCUT2D eigenvalue weighted by Crippen LogP contribution is -2.26. The molecule has 0 bridgehead atoms. The predicted octanol–water partition coefficient (Wildman–Crippen LogP) is 1.57. The summed E-state index contributed by atoms with van der Waals surface area (Å²) in [5.41, 5.74) is 5.61. The second kappa shape index (κ2) is 5.23. The van der Waals surface area contributed by atoms with E-state index in [9.17, 15) is 0 Å². The van der Waals surface area contributed by atoms with E-state index < -0.39 is 0 Å². The zero-order chi connectivity index (χ0) is 11.2. The molecule has 2 aromatic rings. The van der Waals surface area contributed by atoms with E-state index in [0.29, 0.717) is 13.1 Å². The van der Waals surface area contributed by atoms with Gasteiger partial charge in [0.05, 0.1) is 0 Å². The fourth-order valence-corrected chi connectivity index (χ4v) is 1.50. The van der Waals surface area contributed by atoms with Crippen molar-refractivity contribution in [2.45, 2.75) is 0 Å². The van der Waals surface area contributed by atoms with E-state index in [-0.39, 0.29) is 0 Å². The third-order valence-electron chi connectivity index (χ3n) is 2.20. The van der Waals surface area contributed by atoms with Gasteiger partial charge in [-0.25, -0.2) is 9.97 Å². The summed E-state index contributed by atoms with van der Waals surface area (Å²) < 4.78 is 0. The molecule has 2 rings (SSSR count). The summed E-state index contributed by atoms with van der Waals surface area (Å²) in [7, 11) is 0. The third-order valence-corrected chi connectivity index (χ3v) is 2.20. The molecule has 0 atom stereocenters. The first kappa shape index (κ1) is 10.6. The lowest BCUT2D eigenvalue weighted by atomic mass is 10.3. The number of aromatic nitrogens is 2. The minimum Gasteiger partial charge on any atom is -0.329 e. The van der Waals surface area contributed by atoms with Crippen LogP contribution in [0.4, 0.5) is 11.6 Å². The Hall–Kier alpha value is -1.94. The van der Waals surface area contributed by atoms with Crippen molar-refractivity contribution in [3.05, 3.63) is 48.8 Å². The van der Waals surface area contributed by atoms with Crippen LogP contribution in [0.3, 0.4) is 0 Å². The van der Waals surface area contributed by atoms with Crippen LogP contribution in [0.1, 0.15) is 0 Å². The number of anilines is 2. The van der Waals surface area contributed by atoms with Crippen LogP contribution in [0.15, 0.2) is 48.8 Å².